The summed E-state index contributed by atoms with van der Waals surface area (Å²) in [5.41, 5.74) is 5.92. The van der Waals surface area contributed by atoms with E-state index in [-0.39, 0.29) is 17.4 Å². The van der Waals surface area contributed by atoms with E-state index in [1.165, 1.54) is 24.4 Å². The largest absolute Gasteiger partial charge is 0.508 e. The molecular formula is C18H21N3O3. The highest BCUT2D eigenvalue weighted by molar-refractivity contribution is 5.87. The highest BCUT2D eigenvalue weighted by Gasteiger charge is 2.12. The number of carbonyl (C=O) groups excluding carboxylic acids is 1. The van der Waals surface area contributed by atoms with Crippen LogP contribution < -0.4 is 10.7 Å². The Bertz CT molecular complexity index is 772. The average molecular weight is 327 g/mol. The summed E-state index contributed by atoms with van der Waals surface area (Å²) in [6, 6.07) is 9.60. The molecule has 6 nitrogen and oxygen atoms in total. The van der Waals surface area contributed by atoms with Crippen molar-refractivity contribution in [2.24, 2.45) is 5.10 Å². The van der Waals surface area contributed by atoms with E-state index in [9.17, 15) is 15.0 Å². The topological polar surface area (TPSA) is 94.0 Å². The molecule has 1 unspecified atom stereocenters. The monoisotopic (exact) mass is 327 g/mol. The standard InChI is InChI=1S/C18H21N3O3/c1-11-4-7-16(12(2)8-11)20-13(3)18(24)21-19-10-14-5-6-15(22)9-17(14)23/h4-10,13,20,22-23H,1-3H3,(H,21,24)/b19-10+. The number of aryl methyl sites for hydroxylation is 2. The molecule has 0 bridgehead atoms. The minimum atomic E-state index is -0.475. The van der Waals surface area contributed by atoms with Gasteiger partial charge in [-0.2, -0.15) is 5.10 Å². The van der Waals surface area contributed by atoms with E-state index in [4.69, 9.17) is 0 Å². The van der Waals surface area contributed by atoms with Gasteiger partial charge in [0.25, 0.3) is 5.91 Å². The molecule has 2 aromatic rings. The Morgan fingerprint density at radius 1 is 1.17 bits per heavy atom. The smallest absolute Gasteiger partial charge is 0.262 e. The van der Waals surface area contributed by atoms with Gasteiger partial charge in [0.1, 0.15) is 17.5 Å². The second-order valence-corrected chi connectivity index (χ2v) is 5.66. The fraction of sp³-hybridized carbons (Fsp3) is 0.222. The highest BCUT2D eigenvalue weighted by atomic mass is 16.3. The third kappa shape index (κ3) is 4.49. The maximum atomic E-state index is 12.1. The molecule has 2 rings (SSSR count). The van der Waals surface area contributed by atoms with E-state index < -0.39 is 6.04 Å². The number of phenolic OH excluding ortho intramolecular Hbond substituents is 2. The molecule has 0 fully saturated rings. The van der Waals surface area contributed by atoms with E-state index in [1.807, 2.05) is 32.0 Å². The molecule has 0 heterocycles. The van der Waals surface area contributed by atoms with Crippen LogP contribution in [0.15, 0.2) is 41.5 Å². The molecule has 0 saturated heterocycles. The van der Waals surface area contributed by atoms with Crippen molar-refractivity contribution in [1.29, 1.82) is 0 Å². The second kappa shape index (κ2) is 7.50. The number of amides is 1. The van der Waals surface area contributed by atoms with Gasteiger partial charge in [0.05, 0.1) is 6.21 Å². The summed E-state index contributed by atoms with van der Waals surface area (Å²) < 4.78 is 0. The third-order valence-electron chi connectivity index (χ3n) is 3.54. The molecule has 4 N–H and O–H groups in total. The number of hydrogen-bond acceptors (Lipinski definition) is 5. The molecule has 6 heteroatoms. The van der Waals surface area contributed by atoms with Gasteiger partial charge in [-0.25, -0.2) is 5.43 Å². The molecular weight excluding hydrogens is 306 g/mol. The van der Waals surface area contributed by atoms with Gasteiger partial charge in [-0.3, -0.25) is 4.79 Å². The molecule has 126 valence electrons. The Morgan fingerprint density at radius 3 is 2.58 bits per heavy atom. The molecule has 0 aliphatic rings. The van der Waals surface area contributed by atoms with Gasteiger partial charge in [0, 0.05) is 17.3 Å². The Kier molecular flexibility index (Phi) is 5.42. The number of anilines is 1. The molecule has 1 amide bonds. The zero-order chi connectivity index (χ0) is 17.7. The first-order chi connectivity index (χ1) is 11.4. The number of nitrogens with zero attached hydrogens (tertiary/aromatic N) is 1. The lowest BCUT2D eigenvalue weighted by Gasteiger charge is -2.15. The zero-order valence-corrected chi connectivity index (χ0v) is 13.9. The van der Waals surface area contributed by atoms with Crippen molar-refractivity contribution in [3.8, 4) is 11.5 Å². The van der Waals surface area contributed by atoms with Crippen LogP contribution >= 0.6 is 0 Å². The number of hydrazone groups is 1. The first-order valence-corrected chi connectivity index (χ1v) is 7.55. The summed E-state index contributed by atoms with van der Waals surface area (Å²) in [7, 11) is 0. The molecule has 1 atom stereocenters. The van der Waals surface area contributed by atoms with Gasteiger partial charge >= 0.3 is 0 Å². The summed E-state index contributed by atoms with van der Waals surface area (Å²) in [6.07, 6.45) is 1.32. The molecule has 0 spiro atoms. The molecule has 0 radical (unpaired) electrons. The van der Waals surface area contributed by atoms with Crippen molar-refractivity contribution >= 4 is 17.8 Å². The first-order valence-electron chi connectivity index (χ1n) is 7.55. The summed E-state index contributed by atoms with van der Waals surface area (Å²) in [4.78, 5) is 12.1. The summed E-state index contributed by atoms with van der Waals surface area (Å²) >= 11 is 0. The lowest BCUT2D eigenvalue weighted by Crippen LogP contribution is -2.35. The van der Waals surface area contributed by atoms with E-state index in [0.29, 0.717) is 5.56 Å². The second-order valence-electron chi connectivity index (χ2n) is 5.66. The van der Waals surface area contributed by atoms with Crippen LogP contribution in [0.2, 0.25) is 0 Å². The lowest BCUT2D eigenvalue weighted by atomic mass is 10.1. The van der Waals surface area contributed by atoms with Gasteiger partial charge in [0.15, 0.2) is 0 Å². The van der Waals surface area contributed by atoms with Crippen molar-refractivity contribution in [2.45, 2.75) is 26.8 Å². The summed E-state index contributed by atoms with van der Waals surface area (Å²) in [6.45, 7) is 5.73. The minimum Gasteiger partial charge on any atom is -0.508 e. The number of carbonyl (C=O) groups is 1. The number of hydrogen-bond donors (Lipinski definition) is 4. The van der Waals surface area contributed by atoms with Crippen LogP contribution in [-0.2, 0) is 4.79 Å². The maximum absolute atomic E-state index is 12.1. The average Bonchev–Trinajstić information content (AvgIpc) is 2.52. The fourth-order valence-electron chi connectivity index (χ4n) is 2.18. The van der Waals surface area contributed by atoms with E-state index in [0.717, 1.165) is 16.8 Å². The molecule has 0 saturated carbocycles. The quantitative estimate of drug-likeness (QED) is 0.502. The minimum absolute atomic E-state index is 0.0417. The Labute approximate surface area is 140 Å². The van der Waals surface area contributed by atoms with Crippen molar-refractivity contribution in [2.75, 3.05) is 5.32 Å². The highest BCUT2D eigenvalue weighted by Crippen LogP contribution is 2.20. The van der Waals surface area contributed by atoms with Gasteiger partial charge < -0.3 is 15.5 Å². The predicted molar refractivity (Wildman–Crippen MR) is 94.5 cm³/mol. The van der Waals surface area contributed by atoms with Crippen LogP contribution in [0.25, 0.3) is 0 Å². The Balaban J connectivity index is 1.95. The normalized spacial score (nSPS) is 12.1. The van der Waals surface area contributed by atoms with E-state index >= 15 is 0 Å². The SMILES string of the molecule is Cc1ccc(NC(C)C(=O)N/N=C/c2ccc(O)cc2O)c(C)c1. The van der Waals surface area contributed by atoms with Gasteiger partial charge in [0.2, 0.25) is 0 Å². The number of rotatable bonds is 5. The zero-order valence-electron chi connectivity index (χ0n) is 13.9. The molecule has 0 aliphatic carbocycles. The lowest BCUT2D eigenvalue weighted by molar-refractivity contribution is -0.121. The number of nitrogens with one attached hydrogen (secondary N) is 2. The number of phenols is 2. The molecule has 0 aromatic heterocycles. The van der Waals surface area contributed by atoms with Crippen LogP contribution in [0, 0.1) is 13.8 Å². The van der Waals surface area contributed by atoms with Crippen molar-refractivity contribution < 1.29 is 15.0 Å². The number of benzene rings is 2. The summed E-state index contributed by atoms with van der Waals surface area (Å²) in [5, 5.41) is 25.8. The summed E-state index contributed by atoms with van der Waals surface area (Å²) in [5.74, 6) is -0.459. The first kappa shape index (κ1) is 17.3. The van der Waals surface area contributed by atoms with Crippen LogP contribution in [-0.4, -0.2) is 28.4 Å². The van der Waals surface area contributed by atoms with Gasteiger partial charge in [-0.15, -0.1) is 0 Å². The Morgan fingerprint density at radius 2 is 1.92 bits per heavy atom. The van der Waals surface area contributed by atoms with Gasteiger partial charge in [-0.1, -0.05) is 17.7 Å². The fourth-order valence-corrected chi connectivity index (χ4v) is 2.18. The third-order valence-corrected chi connectivity index (χ3v) is 3.54. The van der Waals surface area contributed by atoms with Crippen LogP contribution in [0.4, 0.5) is 5.69 Å². The molecule has 24 heavy (non-hydrogen) atoms. The predicted octanol–water partition coefficient (Wildman–Crippen LogP) is 2.67. The maximum Gasteiger partial charge on any atom is 0.262 e. The van der Waals surface area contributed by atoms with Crippen molar-refractivity contribution in [3.63, 3.8) is 0 Å². The Hall–Kier alpha value is -3.02. The van der Waals surface area contributed by atoms with Crippen LogP contribution in [0.3, 0.4) is 0 Å². The number of aromatic hydroxyl groups is 2. The van der Waals surface area contributed by atoms with E-state index in [1.54, 1.807) is 6.92 Å². The van der Waals surface area contributed by atoms with Crippen molar-refractivity contribution in [3.05, 3.63) is 53.1 Å². The molecule has 0 aliphatic heterocycles. The van der Waals surface area contributed by atoms with Crippen molar-refractivity contribution in [1.82, 2.24) is 5.43 Å². The molecule has 2 aromatic carbocycles. The van der Waals surface area contributed by atoms with Crippen LogP contribution in [0.1, 0.15) is 23.6 Å². The van der Waals surface area contributed by atoms with Gasteiger partial charge in [-0.05, 0) is 44.5 Å². The van der Waals surface area contributed by atoms with Crippen LogP contribution in [0.5, 0.6) is 11.5 Å². The van der Waals surface area contributed by atoms with E-state index in [2.05, 4.69) is 15.8 Å².